The summed E-state index contributed by atoms with van der Waals surface area (Å²) in [7, 11) is 1.72. The second-order valence-electron chi connectivity index (χ2n) is 5.36. The van der Waals surface area contributed by atoms with Gasteiger partial charge in [0.15, 0.2) is 0 Å². The number of benzene rings is 1. The minimum absolute atomic E-state index is 0.0966. The first-order valence-corrected chi connectivity index (χ1v) is 8.01. The zero-order valence-corrected chi connectivity index (χ0v) is 13.3. The van der Waals surface area contributed by atoms with Crippen molar-refractivity contribution in [3.05, 3.63) is 28.8 Å². The molecule has 0 bridgehead atoms. The summed E-state index contributed by atoms with van der Waals surface area (Å²) in [4.78, 5) is 4.59. The molecule has 0 aliphatic heterocycles. The van der Waals surface area contributed by atoms with E-state index in [9.17, 15) is 4.39 Å². The summed E-state index contributed by atoms with van der Waals surface area (Å²) in [6, 6.07) is 3.23. The van der Waals surface area contributed by atoms with Crippen LogP contribution in [0.5, 0.6) is 0 Å². The SMILES string of the molecule is COC1CCCC1n1c(CCCl)nc2cc(Cl)c(F)cc21. The van der Waals surface area contributed by atoms with Crippen LogP contribution in [0.15, 0.2) is 12.1 Å². The van der Waals surface area contributed by atoms with E-state index in [0.717, 1.165) is 30.6 Å². The lowest BCUT2D eigenvalue weighted by atomic mass is 10.2. The van der Waals surface area contributed by atoms with E-state index in [1.165, 1.54) is 6.07 Å². The highest BCUT2D eigenvalue weighted by Crippen LogP contribution is 2.36. The van der Waals surface area contributed by atoms with E-state index in [0.29, 0.717) is 17.8 Å². The largest absolute Gasteiger partial charge is 0.379 e. The van der Waals surface area contributed by atoms with Crippen LogP contribution in [0.4, 0.5) is 4.39 Å². The van der Waals surface area contributed by atoms with E-state index in [1.54, 1.807) is 13.2 Å². The Morgan fingerprint density at radius 1 is 1.43 bits per heavy atom. The molecule has 0 N–H and O–H groups in total. The summed E-state index contributed by atoms with van der Waals surface area (Å²) in [5, 5.41) is 0.0966. The molecule has 1 aliphatic rings. The van der Waals surface area contributed by atoms with Crippen molar-refractivity contribution in [3.8, 4) is 0 Å². The summed E-state index contributed by atoms with van der Waals surface area (Å²) >= 11 is 11.8. The van der Waals surface area contributed by atoms with E-state index in [1.807, 2.05) is 0 Å². The van der Waals surface area contributed by atoms with Gasteiger partial charge in [-0.15, -0.1) is 11.6 Å². The molecule has 1 aliphatic carbocycles. The topological polar surface area (TPSA) is 27.1 Å². The van der Waals surface area contributed by atoms with E-state index in [2.05, 4.69) is 9.55 Å². The Morgan fingerprint density at radius 3 is 2.95 bits per heavy atom. The van der Waals surface area contributed by atoms with Crippen molar-refractivity contribution in [1.82, 2.24) is 9.55 Å². The number of aromatic nitrogens is 2. The highest BCUT2D eigenvalue weighted by Gasteiger charge is 2.31. The number of aryl methyl sites for hydroxylation is 1. The maximum atomic E-state index is 13.9. The fourth-order valence-corrected chi connectivity index (χ4v) is 3.57. The first kappa shape index (κ1) is 15.1. The van der Waals surface area contributed by atoms with Gasteiger partial charge >= 0.3 is 0 Å². The Hall–Kier alpha value is -0.840. The van der Waals surface area contributed by atoms with E-state index in [4.69, 9.17) is 27.9 Å². The van der Waals surface area contributed by atoms with Gasteiger partial charge in [-0.25, -0.2) is 9.37 Å². The Balaban J connectivity index is 2.17. The van der Waals surface area contributed by atoms with Gasteiger partial charge in [-0.05, 0) is 25.3 Å². The minimum atomic E-state index is -0.422. The zero-order chi connectivity index (χ0) is 15.0. The van der Waals surface area contributed by atoms with E-state index in [-0.39, 0.29) is 17.2 Å². The molecule has 3 nitrogen and oxygen atoms in total. The lowest BCUT2D eigenvalue weighted by molar-refractivity contribution is 0.0753. The average molecular weight is 331 g/mol. The summed E-state index contributed by atoms with van der Waals surface area (Å²) < 4.78 is 21.5. The number of nitrogens with zero attached hydrogens (tertiary/aromatic N) is 2. The monoisotopic (exact) mass is 330 g/mol. The molecule has 1 heterocycles. The molecule has 0 spiro atoms. The van der Waals surface area contributed by atoms with Crippen LogP contribution in [-0.4, -0.2) is 28.6 Å². The minimum Gasteiger partial charge on any atom is -0.379 e. The maximum Gasteiger partial charge on any atom is 0.144 e. The number of rotatable bonds is 4. The molecule has 114 valence electrons. The molecule has 2 atom stereocenters. The van der Waals surface area contributed by atoms with Crippen LogP contribution in [0, 0.1) is 5.82 Å². The van der Waals surface area contributed by atoms with E-state index < -0.39 is 5.82 Å². The van der Waals surface area contributed by atoms with E-state index >= 15 is 0 Å². The van der Waals surface area contributed by atoms with Gasteiger partial charge in [-0.3, -0.25) is 0 Å². The van der Waals surface area contributed by atoms with Crippen molar-refractivity contribution >= 4 is 34.2 Å². The third-order valence-electron chi connectivity index (χ3n) is 4.17. The molecule has 1 saturated carbocycles. The molecule has 6 heteroatoms. The molecule has 1 fully saturated rings. The van der Waals surface area contributed by atoms with Crippen LogP contribution in [0.25, 0.3) is 11.0 Å². The predicted octanol–water partition coefficient (Wildman–Crippen LogP) is 4.35. The summed E-state index contributed by atoms with van der Waals surface area (Å²) in [5.41, 5.74) is 1.48. The summed E-state index contributed by atoms with van der Waals surface area (Å²) in [6.45, 7) is 0. The van der Waals surface area contributed by atoms with Gasteiger partial charge in [0.25, 0.3) is 0 Å². The highest BCUT2D eigenvalue weighted by atomic mass is 35.5. The fraction of sp³-hybridized carbons (Fsp3) is 0.533. The number of methoxy groups -OCH3 is 1. The van der Waals surface area contributed by atoms with Crippen molar-refractivity contribution in [2.75, 3.05) is 13.0 Å². The van der Waals surface area contributed by atoms with Crippen LogP contribution in [-0.2, 0) is 11.2 Å². The molecule has 0 radical (unpaired) electrons. The number of hydrogen-bond donors (Lipinski definition) is 0. The second-order valence-corrected chi connectivity index (χ2v) is 6.15. The van der Waals surface area contributed by atoms with Gasteiger partial charge < -0.3 is 9.30 Å². The van der Waals surface area contributed by atoms with Gasteiger partial charge in [0.2, 0.25) is 0 Å². The molecule has 1 aromatic heterocycles. The highest BCUT2D eigenvalue weighted by molar-refractivity contribution is 6.31. The average Bonchev–Trinajstić information content (AvgIpc) is 3.03. The van der Waals surface area contributed by atoms with Gasteiger partial charge in [0.05, 0.1) is 28.2 Å². The Morgan fingerprint density at radius 2 is 2.24 bits per heavy atom. The summed E-state index contributed by atoms with van der Waals surface area (Å²) in [5.74, 6) is 0.925. The quantitative estimate of drug-likeness (QED) is 0.779. The number of fused-ring (bicyclic) bond motifs is 1. The normalized spacial score (nSPS) is 22.3. The van der Waals surface area contributed by atoms with Crippen LogP contribution in [0.1, 0.15) is 31.1 Å². The zero-order valence-electron chi connectivity index (χ0n) is 11.8. The third-order valence-corrected chi connectivity index (χ3v) is 4.65. The maximum absolute atomic E-state index is 13.9. The standard InChI is InChI=1S/C15H17Cl2FN2O/c1-21-14-4-2-3-12(14)20-13-8-10(18)9(17)7-11(13)19-15(20)5-6-16/h7-8,12,14H,2-6H2,1H3. The van der Waals surface area contributed by atoms with Crippen LogP contribution in [0.3, 0.4) is 0 Å². The molecule has 0 amide bonds. The third kappa shape index (κ3) is 2.65. The molecule has 1 aromatic carbocycles. The summed E-state index contributed by atoms with van der Waals surface area (Å²) in [6.07, 6.45) is 3.89. The Kier molecular flexibility index (Phi) is 4.38. The van der Waals surface area contributed by atoms with Crippen molar-refractivity contribution in [2.24, 2.45) is 0 Å². The van der Waals surface area contributed by atoms with Crippen molar-refractivity contribution < 1.29 is 9.13 Å². The smallest absolute Gasteiger partial charge is 0.144 e. The van der Waals surface area contributed by atoms with Crippen molar-refractivity contribution in [1.29, 1.82) is 0 Å². The van der Waals surface area contributed by atoms with Crippen LogP contribution in [0.2, 0.25) is 5.02 Å². The number of alkyl halides is 1. The lowest BCUT2D eigenvalue weighted by Gasteiger charge is -2.22. The van der Waals surface area contributed by atoms with Gasteiger partial charge in [-0.1, -0.05) is 11.6 Å². The first-order valence-electron chi connectivity index (χ1n) is 7.10. The number of imidazole rings is 1. The molecule has 2 unspecified atom stereocenters. The second kappa shape index (κ2) is 6.11. The molecule has 3 rings (SSSR count). The molecule has 0 saturated heterocycles. The van der Waals surface area contributed by atoms with Gasteiger partial charge in [0, 0.05) is 25.5 Å². The van der Waals surface area contributed by atoms with Gasteiger partial charge in [0.1, 0.15) is 11.6 Å². The van der Waals surface area contributed by atoms with Crippen molar-refractivity contribution in [2.45, 2.75) is 37.8 Å². The molecular weight excluding hydrogens is 314 g/mol. The van der Waals surface area contributed by atoms with Crippen LogP contribution < -0.4 is 0 Å². The molecule has 21 heavy (non-hydrogen) atoms. The number of halogens is 3. The fourth-order valence-electron chi connectivity index (χ4n) is 3.25. The number of hydrogen-bond acceptors (Lipinski definition) is 2. The first-order chi connectivity index (χ1) is 10.2. The van der Waals surface area contributed by atoms with Crippen molar-refractivity contribution in [3.63, 3.8) is 0 Å². The Labute approximate surface area is 133 Å². The Bertz CT molecular complexity index is 659. The lowest BCUT2D eigenvalue weighted by Crippen LogP contribution is -2.22. The van der Waals surface area contributed by atoms with Gasteiger partial charge in [-0.2, -0.15) is 0 Å². The molecule has 2 aromatic rings. The number of ether oxygens (including phenoxy) is 1. The predicted molar refractivity (Wildman–Crippen MR) is 82.8 cm³/mol. The van der Waals surface area contributed by atoms with Crippen LogP contribution >= 0.6 is 23.2 Å². The molecular formula is C15H17Cl2FN2O.